The number of imidazole rings is 1. The maximum atomic E-state index is 12.4. The van der Waals surface area contributed by atoms with Crippen LogP contribution in [0.5, 0.6) is 0 Å². The molecule has 0 aromatic carbocycles. The van der Waals surface area contributed by atoms with Crippen molar-refractivity contribution in [3.63, 3.8) is 0 Å². The number of fused-ring (bicyclic) bond motifs is 1. The highest BCUT2D eigenvalue weighted by molar-refractivity contribution is 5.69. The van der Waals surface area contributed by atoms with Crippen LogP contribution in [0.2, 0.25) is 0 Å². The van der Waals surface area contributed by atoms with Crippen molar-refractivity contribution in [3.05, 3.63) is 27.2 Å². The molecule has 0 aliphatic carbocycles. The molecule has 1 N–H and O–H groups in total. The van der Waals surface area contributed by atoms with Gasteiger partial charge in [0, 0.05) is 33.2 Å². The van der Waals surface area contributed by atoms with Crippen LogP contribution in [0.25, 0.3) is 11.2 Å². The monoisotopic (exact) mass is 337 g/mol. The van der Waals surface area contributed by atoms with Gasteiger partial charge in [-0.3, -0.25) is 18.8 Å². The smallest absolute Gasteiger partial charge is 0.332 e. The zero-order valence-corrected chi connectivity index (χ0v) is 15.3. The van der Waals surface area contributed by atoms with E-state index >= 15 is 0 Å². The summed E-state index contributed by atoms with van der Waals surface area (Å²) in [5.74, 6) is 0. The van der Waals surface area contributed by atoms with Crippen LogP contribution < -0.4 is 11.2 Å². The average Bonchev–Trinajstić information content (AvgIpc) is 2.92. The minimum absolute atomic E-state index is 0.0134. The van der Waals surface area contributed by atoms with Gasteiger partial charge in [0.1, 0.15) is 0 Å². The molecular formula is C16H27N5O3. The summed E-state index contributed by atoms with van der Waals surface area (Å²) in [5.41, 5.74) is 0.0240. The Hall–Kier alpha value is -1.93. The first-order chi connectivity index (χ1) is 11.1. The van der Waals surface area contributed by atoms with E-state index in [0.29, 0.717) is 24.3 Å². The van der Waals surface area contributed by atoms with Crippen LogP contribution in [-0.2, 0) is 20.6 Å². The van der Waals surface area contributed by atoms with E-state index in [9.17, 15) is 14.7 Å². The summed E-state index contributed by atoms with van der Waals surface area (Å²) >= 11 is 0. The number of aliphatic hydroxyl groups is 1. The fourth-order valence-electron chi connectivity index (χ4n) is 3.06. The Morgan fingerprint density at radius 2 is 1.88 bits per heavy atom. The topological polar surface area (TPSA) is 85.3 Å². The second-order valence-corrected chi connectivity index (χ2v) is 7.36. The first kappa shape index (κ1) is 18.4. The van der Waals surface area contributed by atoms with Crippen LogP contribution in [0.3, 0.4) is 0 Å². The highest BCUT2D eigenvalue weighted by atomic mass is 16.3. The van der Waals surface area contributed by atoms with Crippen LogP contribution >= 0.6 is 0 Å². The average molecular weight is 337 g/mol. The Morgan fingerprint density at radius 3 is 2.42 bits per heavy atom. The van der Waals surface area contributed by atoms with Crippen LogP contribution in [0.1, 0.15) is 20.8 Å². The van der Waals surface area contributed by atoms with Gasteiger partial charge in [-0.1, -0.05) is 20.8 Å². The summed E-state index contributed by atoms with van der Waals surface area (Å²) in [5, 5.41) is 9.66. The Kier molecular flexibility index (Phi) is 5.00. The molecule has 1 unspecified atom stereocenters. The fourth-order valence-corrected chi connectivity index (χ4v) is 3.06. The summed E-state index contributed by atoms with van der Waals surface area (Å²) < 4.78 is 4.24. The second-order valence-electron chi connectivity index (χ2n) is 7.36. The number of aliphatic hydroxyl groups excluding tert-OH is 1. The van der Waals surface area contributed by atoms with Gasteiger partial charge in [0.25, 0.3) is 5.56 Å². The lowest BCUT2D eigenvalue weighted by molar-refractivity contribution is 0.0642. The highest BCUT2D eigenvalue weighted by Gasteiger charge is 2.27. The van der Waals surface area contributed by atoms with Crippen molar-refractivity contribution in [3.8, 4) is 0 Å². The Balaban J connectivity index is 2.32. The highest BCUT2D eigenvalue weighted by Crippen LogP contribution is 2.23. The Morgan fingerprint density at radius 1 is 1.25 bits per heavy atom. The van der Waals surface area contributed by atoms with E-state index in [1.807, 2.05) is 7.05 Å². The molecule has 2 aromatic rings. The normalized spacial score (nSPS) is 13.8. The molecule has 0 fully saturated rings. The number of likely N-dealkylation sites (N-methyl/N-ethyl adjacent to an activating group) is 1. The number of aryl methyl sites for hydroxylation is 1. The number of hydrogen-bond donors (Lipinski definition) is 1. The van der Waals surface area contributed by atoms with Crippen molar-refractivity contribution >= 4 is 11.2 Å². The summed E-state index contributed by atoms with van der Waals surface area (Å²) in [4.78, 5) is 30.7. The summed E-state index contributed by atoms with van der Waals surface area (Å²) in [6.07, 6.45) is 1.59. The maximum Gasteiger partial charge on any atom is 0.332 e. The molecule has 134 valence electrons. The van der Waals surface area contributed by atoms with E-state index in [1.165, 1.54) is 11.6 Å². The van der Waals surface area contributed by atoms with E-state index in [4.69, 9.17) is 0 Å². The largest absolute Gasteiger partial charge is 0.395 e. The summed E-state index contributed by atoms with van der Waals surface area (Å²) in [6.45, 7) is 7.53. The quantitative estimate of drug-likeness (QED) is 0.815. The standard InChI is InChI=1S/C16H27N5O3/c1-16(2,3)11(9-22)18(4)7-8-21-10-17-13-12(21)14(23)20(6)15(24)19(13)5/h10-11,22H,7-9H2,1-6H3. The molecule has 2 heterocycles. The van der Waals surface area contributed by atoms with Gasteiger partial charge in [0.2, 0.25) is 0 Å². The molecule has 0 bridgehead atoms. The number of nitrogens with zero attached hydrogens (tertiary/aromatic N) is 5. The molecule has 0 spiro atoms. The first-order valence-corrected chi connectivity index (χ1v) is 8.01. The molecule has 0 saturated carbocycles. The van der Waals surface area contributed by atoms with E-state index in [-0.39, 0.29) is 29.3 Å². The zero-order valence-electron chi connectivity index (χ0n) is 15.3. The van der Waals surface area contributed by atoms with Gasteiger partial charge < -0.3 is 9.67 Å². The van der Waals surface area contributed by atoms with E-state index in [0.717, 1.165) is 4.57 Å². The van der Waals surface area contributed by atoms with Gasteiger partial charge in [-0.05, 0) is 12.5 Å². The third-order valence-corrected chi connectivity index (χ3v) is 4.62. The molecule has 0 radical (unpaired) electrons. The van der Waals surface area contributed by atoms with Gasteiger partial charge in [-0.15, -0.1) is 0 Å². The third-order valence-electron chi connectivity index (χ3n) is 4.62. The van der Waals surface area contributed by atoms with Gasteiger partial charge >= 0.3 is 5.69 Å². The number of rotatable bonds is 5. The third kappa shape index (κ3) is 3.16. The molecule has 0 saturated heterocycles. The van der Waals surface area contributed by atoms with Crippen LogP contribution in [0.15, 0.2) is 15.9 Å². The number of hydrogen-bond acceptors (Lipinski definition) is 5. The van der Waals surface area contributed by atoms with E-state index in [1.54, 1.807) is 17.9 Å². The van der Waals surface area contributed by atoms with Crippen molar-refractivity contribution in [2.45, 2.75) is 33.4 Å². The zero-order chi connectivity index (χ0) is 18.2. The lowest BCUT2D eigenvalue weighted by Crippen LogP contribution is -2.45. The van der Waals surface area contributed by atoms with Crippen LogP contribution in [0, 0.1) is 5.41 Å². The van der Waals surface area contributed by atoms with E-state index < -0.39 is 0 Å². The minimum Gasteiger partial charge on any atom is -0.395 e. The van der Waals surface area contributed by atoms with Crippen molar-refractivity contribution < 1.29 is 5.11 Å². The minimum atomic E-state index is -0.386. The predicted molar refractivity (Wildman–Crippen MR) is 93.2 cm³/mol. The molecule has 0 aliphatic heterocycles. The van der Waals surface area contributed by atoms with Crippen LogP contribution in [0.4, 0.5) is 0 Å². The van der Waals surface area contributed by atoms with Crippen molar-refractivity contribution in [1.29, 1.82) is 0 Å². The first-order valence-electron chi connectivity index (χ1n) is 8.01. The SMILES string of the molecule is CN(CCn1cnc2c1c(=O)n(C)c(=O)n2C)C(CO)C(C)(C)C. The van der Waals surface area contributed by atoms with Gasteiger partial charge in [0.15, 0.2) is 11.2 Å². The van der Waals surface area contributed by atoms with Gasteiger partial charge in [-0.25, -0.2) is 9.78 Å². The molecular weight excluding hydrogens is 310 g/mol. The Labute approximate surface area is 141 Å². The fraction of sp³-hybridized carbons (Fsp3) is 0.688. The molecule has 1 atom stereocenters. The Bertz CT molecular complexity index is 840. The molecule has 0 amide bonds. The van der Waals surface area contributed by atoms with Gasteiger partial charge in [-0.2, -0.15) is 0 Å². The second kappa shape index (κ2) is 6.52. The molecule has 2 rings (SSSR count). The van der Waals surface area contributed by atoms with Crippen molar-refractivity contribution in [1.82, 2.24) is 23.6 Å². The molecule has 8 heteroatoms. The molecule has 8 nitrogen and oxygen atoms in total. The predicted octanol–water partition coefficient (Wildman–Crippen LogP) is -0.227. The van der Waals surface area contributed by atoms with Crippen molar-refractivity contribution in [2.75, 3.05) is 20.2 Å². The molecule has 0 aliphatic rings. The van der Waals surface area contributed by atoms with E-state index in [2.05, 4.69) is 30.7 Å². The summed E-state index contributed by atoms with van der Waals surface area (Å²) in [7, 11) is 5.03. The molecule has 2 aromatic heterocycles. The number of aromatic nitrogens is 4. The lowest BCUT2D eigenvalue weighted by Gasteiger charge is -2.36. The molecule has 24 heavy (non-hydrogen) atoms. The van der Waals surface area contributed by atoms with Crippen LogP contribution in [-0.4, -0.2) is 54.9 Å². The summed E-state index contributed by atoms with van der Waals surface area (Å²) in [6, 6.07) is 0.0134. The van der Waals surface area contributed by atoms with Gasteiger partial charge in [0.05, 0.1) is 12.9 Å². The maximum absolute atomic E-state index is 12.4. The lowest BCUT2D eigenvalue weighted by atomic mass is 9.86. The van der Waals surface area contributed by atoms with Crippen molar-refractivity contribution in [2.24, 2.45) is 19.5 Å².